The number of nitrogens with zero attached hydrogens (tertiary/aromatic N) is 4. The van der Waals surface area contributed by atoms with Crippen molar-refractivity contribution in [3.8, 4) is 11.5 Å². The summed E-state index contributed by atoms with van der Waals surface area (Å²) in [7, 11) is -1.82. The third-order valence-electron chi connectivity index (χ3n) is 2.12. The van der Waals surface area contributed by atoms with E-state index in [-0.39, 0.29) is 5.16 Å². The largest absolute Gasteiger partial charge is 0.448 e. The molecule has 0 unspecified atom stereocenters. The van der Waals surface area contributed by atoms with E-state index >= 15 is 0 Å². The average molecular weight is 242 g/mol. The maximum absolute atomic E-state index is 11.4. The molecule has 0 spiro atoms. The Kier molecular flexibility index (Phi) is 2.30. The zero-order chi connectivity index (χ0) is 11.9. The van der Waals surface area contributed by atoms with E-state index in [4.69, 9.17) is 4.42 Å². The van der Waals surface area contributed by atoms with Crippen LogP contribution in [0.1, 0.15) is 5.76 Å². The van der Waals surface area contributed by atoms with Crippen molar-refractivity contribution in [1.82, 2.24) is 19.7 Å². The molecule has 86 valence electrons. The van der Waals surface area contributed by atoms with Crippen LogP contribution in [0.15, 0.2) is 16.0 Å². The molecule has 0 fully saturated rings. The van der Waals surface area contributed by atoms with E-state index in [2.05, 4.69) is 15.2 Å². The van der Waals surface area contributed by atoms with Crippen molar-refractivity contribution < 1.29 is 12.8 Å². The summed E-state index contributed by atoms with van der Waals surface area (Å²) in [5, 5.41) is 7.33. The molecule has 0 saturated carbocycles. The number of rotatable bonds is 2. The Hall–Kier alpha value is -1.70. The van der Waals surface area contributed by atoms with Crippen LogP contribution in [0.3, 0.4) is 0 Å². The van der Waals surface area contributed by atoms with E-state index in [9.17, 15) is 8.42 Å². The predicted octanol–water partition coefficient (Wildman–Crippen LogP) is 0.182. The van der Waals surface area contributed by atoms with Gasteiger partial charge in [0.2, 0.25) is 15.0 Å². The monoisotopic (exact) mass is 242 g/mol. The summed E-state index contributed by atoms with van der Waals surface area (Å²) in [5.74, 6) is 0.933. The van der Waals surface area contributed by atoms with Crippen molar-refractivity contribution in [2.45, 2.75) is 12.1 Å². The standard InChI is InChI=1S/C8H10N4O3S/c1-5-6(9-4-15-5)7-10-11-8(12(7)2)16(3,13)14/h4H,1-3H3. The number of hydrogen-bond donors (Lipinski definition) is 0. The van der Waals surface area contributed by atoms with Gasteiger partial charge in [0.15, 0.2) is 12.2 Å². The van der Waals surface area contributed by atoms with Gasteiger partial charge in [0.25, 0.3) is 0 Å². The summed E-state index contributed by atoms with van der Waals surface area (Å²) >= 11 is 0. The van der Waals surface area contributed by atoms with Gasteiger partial charge in [0, 0.05) is 13.3 Å². The third kappa shape index (κ3) is 1.60. The van der Waals surface area contributed by atoms with Gasteiger partial charge in [-0.3, -0.25) is 4.57 Å². The molecule has 0 bridgehead atoms. The molecule has 2 aromatic rings. The fourth-order valence-electron chi connectivity index (χ4n) is 1.36. The molecule has 0 aliphatic heterocycles. The summed E-state index contributed by atoms with van der Waals surface area (Å²) < 4.78 is 29.1. The van der Waals surface area contributed by atoms with Gasteiger partial charge in [0.1, 0.15) is 11.5 Å². The molecule has 0 atom stereocenters. The minimum absolute atomic E-state index is 0.0927. The molecule has 0 aliphatic carbocycles. The second-order valence-electron chi connectivity index (χ2n) is 3.39. The van der Waals surface area contributed by atoms with Crippen LogP contribution in [0.5, 0.6) is 0 Å². The average Bonchev–Trinajstić information content (AvgIpc) is 2.70. The van der Waals surface area contributed by atoms with Crippen molar-refractivity contribution in [3.63, 3.8) is 0 Å². The fourth-order valence-corrected chi connectivity index (χ4v) is 2.14. The van der Waals surface area contributed by atoms with Gasteiger partial charge in [-0.1, -0.05) is 0 Å². The van der Waals surface area contributed by atoms with Crippen molar-refractivity contribution >= 4 is 9.84 Å². The van der Waals surface area contributed by atoms with Crippen LogP contribution in [-0.2, 0) is 16.9 Å². The maximum Gasteiger partial charge on any atom is 0.249 e. The Morgan fingerprint density at radius 2 is 2.06 bits per heavy atom. The first kappa shape index (κ1) is 10.8. The van der Waals surface area contributed by atoms with Gasteiger partial charge in [-0.05, 0) is 6.92 Å². The molecule has 0 radical (unpaired) electrons. The normalized spacial score (nSPS) is 11.9. The molecule has 0 aromatic carbocycles. The second-order valence-corrected chi connectivity index (χ2v) is 5.30. The molecule has 2 aromatic heterocycles. The molecule has 0 amide bonds. The van der Waals surface area contributed by atoms with Gasteiger partial charge in [-0.2, -0.15) is 0 Å². The molecule has 2 heterocycles. The highest BCUT2D eigenvalue weighted by Crippen LogP contribution is 2.20. The van der Waals surface area contributed by atoms with Gasteiger partial charge < -0.3 is 4.42 Å². The van der Waals surface area contributed by atoms with Crippen molar-refractivity contribution in [1.29, 1.82) is 0 Å². The lowest BCUT2D eigenvalue weighted by Gasteiger charge is -1.99. The first-order valence-corrected chi connectivity index (χ1v) is 6.30. The van der Waals surface area contributed by atoms with E-state index in [0.29, 0.717) is 17.3 Å². The van der Waals surface area contributed by atoms with Crippen molar-refractivity contribution in [3.05, 3.63) is 12.2 Å². The quantitative estimate of drug-likeness (QED) is 0.746. The Morgan fingerprint density at radius 1 is 1.38 bits per heavy atom. The Balaban J connectivity index is 2.63. The van der Waals surface area contributed by atoms with Crippen LogP contribution in [-0.4, -0.2) is 34.4 Å². The summed E-state index contributed by atoms with van der Waals surface area (Å²) in [4.78, 5) is 3.96. The van der Waals surface area contributed by atoms with E-state index in [1.165, 1.54) is 11.0 Å². The van der Waals surface area contributed by atoms with Crippen LogP contribution < -0.4 is 0 Å². The van der Waals surface area contributed by atoms with E-state index in [0.717, 1.165) is 6.26 Å². The first-order valence-electron chi connectivity index (χ1n) is 4.41. The molecule has 2 rings (SSSR count). The number of aromatic nitrogens is 4. The highest BCUT2D eigenvalue weighted by Gasteiger charge is 2.21. The van der Waals surface area contributed by atoms with E-state index < -0.39 is 9.84 Å². The minimum atomic E-state index is -3.39. The smallest absolute Gasteiger partial charge is 0.249 e. The Morgan fingerprint density at radius 3 is 2.50 bits per heavy atom. The molecular weight excluding hydrogens is 232 g/mol. The van der Waals surface area contributed by atoms with Crippen molar-refractivity contribution in [2.24, 2.45) is 7.05 Å². The van der Waals surface area contributed by atoms with Crippen LogP contribution in [0.4, 0.5) is 0 Å². The van der Waals surface area contributed by atoms with Crippen molar-refractivity contribution in [2.75, 3.05) is 6.26 Å². The van der Waals surface area contributed by atoms with E-state index in [1.54, 1.807) is 14.0 Å². The maximum atomic E-state index is 11.4. The first-order chi connectivity index (χ1) is 7.41. The number of aryl methyl sites for hydroxylation is 1. The molecular formula is C8H10N4O3S. The van der Waals surface area contributed by atoms with Crippen LogP contribution in [0.2, 0.25) is 0 Å². The predicted molar refractivity (Wildman–Crippen MR) is 54.3 cm³/mol. The van der Waals surface area contributed by atoms with Gasteiger partial charge >= 0.3 is 0 Å². The number of sulfone groups is 1. The number of oxazole rings is 1. The summed E-state index contributed by atoms with van der Waals surface area (Å²) in [6.07, 6.45) is 2.36. The summed E-state index contributed by atoms with van der Waals surface area (Å²) in [6, 6.07) is 0. The fraction of sp³-hybridized carbons (Fsp3) is 0.375. The highest BCUT2D eigenvalue weighted by atomic mass is 32.2. The van der Waals surface area contributed by atoms with Crippen LogP contribution >= 0.6 is 0 Å². The molecule has 0 saturated heterocycles. The highest BCUT2D eigenvalue weighted by molar-refractivity contribution is 7.90. The second kappa shape index (κ2) is 3.41. The lowest BCUT2D eigenvalue weighted by molar-refractivity contribution is 0.527. The third-order valence-corrected chi connectivity index (χ3v) is 3.14. The summed E-state index contributed by atoms with van der Waals surface area (Å²) in [5.41, 5.74) is 0.491. The lowest BCUT2D eigenvalue weighted by Crippen LogP contribution is -2.06. The topological polar surface area (TPSA) is 90.9 Å². The van der Waals surface area contributed by atoms with Gasteiger partial charge in [-0.15, -0.1) is 10.2 Å². The lowest BCUT2D eigenvalue weighted by atomic mass is 10.3. The van der Waals surface area contributed by atoms with E-state index in [1.807, 2.05) is 0 Å². The molecule has 0 aliphatic rings. The Bertz CT molecular complexity index is 626. The van der Waals surface area contributed by atoms with Gasteiger partial charge in [-0.25, -0.2) is 13.4 Å². The SMILES string of the molecule is Cc1ocnc1-c1nnc(S(C)(=O)=O)n1C. The zero-order valence-electron chi connectivity index (χ0n) is 9.00. The molecule has 0 N–H and O–H groups in total. The van der Waals surface area contributed by atoms with Crippen LogP contribution in [0.25, 0.3) is 11.5 Å². The van der Waals surface area contributed by atoms with Crippen LogP contribution in [0, 0.1) is 6.92 Å². The molecule has 7 nitrogen and oxygen atoms in total. The Labute approximate surface area is 92.0 Å². The number of hydrogen-bond acceptors (Lipinski definition) is 6. The van der Waals surface area contributed by atoms with Gasteiger partial charge in [0.05, 0.1) is 0 Å². The zero-order valence-corrected chi connectivity index (χ0v) is 9.82. The molecule has 16 heavy (non-hydrogen) atoms. The molecule has 8 heteroatoms. The minimum Gasteiger partial charge on any atom is -0.448 e. The summed E-state index contributed by atoms with van der Waals surface area (Å²) in [6.45, 7) is 1.72.